The van der Waals surface area contributed by atoms with Crippen molar-refractivity contribution in [2.75, 3.05) is 0 Å². The van der Waals surface area contributed by atoms with E-state index in [-0.39, 0.29) is 10.8 Å². The van der Waals surface area contributed by atoms with Gasteiger partial charge in [0.1, 0.15) is 11.5 Å². The predicted octanol–water partition coefficient (Wildman–Crippen LogP) is 12.3. The van der Waals surface area contributed by atoms with Crippen LogP contribution < -0.4 is 4.74 Å². The molecule has 50 heavy (non-hydrogen) atoms. The average Bonchev–Trinajstić information content (AvgIpc) is 3.63. The minimum Gasteiger partial charge on any atom is -0.457 e. The number of benzene rings is 8. The first-order chi connectivity index (χ1) is 24.7. The largest absolute Gasteiger partial charge is 0.457 e. The van der Waals surface area contributed by atoms with Crippen LogP contribution in [0.5, 0.6) is 11.5 Å². The quantitative estimate of drug-likeness (QED) is 0.183. The maximum absolute atomic E-state index is 6.69. The van der Waals surface area contributed by atoms with Crippen LogP contribution in [0.25, 0.3) is 44.2 Å². The molecule has 0 aromatic heterocycles. The first kappa shape index (κ1) is 27.7. The molecular weight excluding hydrogens is 605 g/mol. The van der Waals surface area contributed by atoms with Crippen LogP contribution in [0.15, 0.2) is 176 Å². The molecule has 1 heteroatoms. The summed E-state index contributed by atoms with van der Waals surface area (Å²) in [5.74, 6) is 1.83. The van der Waals surface area contributed by atoms with E-state index in [1.54, 1.807) is 0 Å². The second-order valence-corrected chi connectivity index (χ2v) is 14.1. The molecule has 1 nitrogen and oxygen atoms in total. The number of rotatable bonds is 2. The van der Waals surface area contributed by atoms with Gasteiger partial charge in [-0.3, -0.25) is 0 Å². The van der Waals surface area contributed by atoms with E-state index in [2.05, 4.69) is 183 Å². The van der Waals surface area contributed by atoms with E-state index >= 15 is 0 Å². The summed E-state index contributed by atoms with van der Waals surface area (Å²) < 4.78 is 6.69. The summed E-state index contributed by atoms with van der Waals surface area (Å²) in [4.78, 5) is 0. The lowest BCUT2D eigenvalue weighted by atomic mass is 9.69. The van der Waals surface area contributed by atoms with Crippen LogP contribution in [0.4, 0.5) is 0 Å². The van der Waals surface area contributed by atoms with Crippen LogP contribution in [0.1, 0.15) is 45.9 Å². The lowest BCUT2D eigenvalue weighted by Gasteiger charge is -2.38. The molecule has 0 amide bonds. The third kappa shape index (κ3) is 3.46. The molecule has 2 atom stereocenters. The van der Waals surface area contributed by atoms with E-state index < -0.39 is 0 Å². The number of ether oxygens (including phenoxy) is 1. The molecule has 0 N–H and O–H groups in total. The van der Waals surface area contributed by atoms with Crippen LogP contribution in [-0.2, 0) is 10.8 Å². The van der Waals surface area contributed by atoms with Crippen molar-refractivity contribution in [3.05, 3.63) is 215 Å². The second-order valence-electron chi connectivity index (χ2n) is 14.1. The predicted molar refractivity (Wildman–Crippen MR) is 204 cm³/mol. The monoisotopic (exact) mass is 636 g/mol. The Bertz CT molecular complexity index is 2700. The zero-order valence-corrected chi connectivity index (χ0v) is 27.7. The van der Waals surface area contributed by atoms with E-state index in [1.807, 2.05) is 0 Å². The Morgan fingerprint density at radius 3 is 1.62 bits per heavy atom. The molecule has 11 rings (SSSR count). The molecule has 8 aromatic carbocycles. The Morgan fingerprint density at radius 2 is 0.880 bits per heavy atom. The second kappa shape index (κ2) is 9.94. The average molecular weight is 637 g/mol. The molecule has 8 aromatic rings. The SMILES string of the molecule is CC1(c2ccccc2)c2ccccc2Oc2cc(-c3ccc4c(c3)-c3ccccc3C43c4ccccc4-c4cc5ccccc5cc43)ccc21. The molecule has 0 radical (unpaired) electrons. The molecule has 3 aliphatic rings. The molecule has 234 valence electrons. The highest BCUT2D eigenvalue weighted by Crippen LogP contribution is 2.63. The summed E-state index contributed by atoms with van der Waals surface area (Å²) in [6.07, 6.45) is 0. The highest BCUT2D eigenvalue weighted by Gasteiger charge is 2.51. The molecule has 2 aliphatic carbocycles. The van der Waals surface area contributed by atoms with E-state index in [9.17, 15) is 0 Å². The topological polar surface area (TPSA) is 9.23 Å². The Labute approximate surface area is 292 Å². The van der Waals surface area contributed by atoms with Gasteiger partial charge in [-0.15, -0.1) is 0 Å². The van der Waals surface area contributed by atoms with Crippen molar-refractivity contribution in [2.24, 2.45) is 0 Å². The zero-order chi connectivity index (χ0) is 33.0. The van der Waals surface area contributed by atoms with Gasteiger partial charge in [0, 0.05) is 16.5 Å². The lowest BCUT2D eigenvalue weighted by molar-refractivity contribution is 0.427. The number of hydrogen-bond acceptors (Lipinski definition) is 1. The van der Waals surface area contributed by atoms with Crippen LogP contribution >= 0.6 is 0 Å². The Balaban J connectivity index is 1.12. The van der Waals surface area contributed by atoms with Gasteiger partial charge in [0.25, 0.3) is 0 Å². The number of hydrogen-bond donors (Lipinski definition) is 0. The van der Waals surface area contributed by atoms with Gasteiger partial charge in [0.2, 0.25) is 0 Å². The Morgan fingerprint density at radius 1 is 0.360 bits per heavy atom. The number of para-hydroxylation sites is 1. The molecule has 0 saturated heterocycles. The molecular formula is C49H32O. The molecule has 0 saturated carbocycles. The maximum Gasteiger partial charge on any atom is 0.132 e. The fourth-order valence-electron chi connectivity index (χ4n) is 9.52. The van der Waals surface area contributed by atoms with Gasteiger partial charge in [-0.1, -0.05) is 146 Å². The first-order valence-electron chi connectivity index (χ1n) is 17.5. The van der Waals surface area contributed by atoms with E-state index in [0.29, 0.717) is 0 Å². The summed E-state index contributed by atoms with van der Waals surface area (Å²) >= 11 is 0. The third-order valence-electron chi connectivity index (χ3n) is 11.8. The minimum atomic E-state index is -0.374. The third-order valence-corrected chi connectivity index (χ3v) is 11.8. The fraction of sp³-hybridized carbons (Fsp3) is 0.0612. The first-order valence-corrected chi connectivity index (χ1v) is 17.5. The molecule has 1 aliphatic heterocycles. The van der Waals surface area contributed by atoms with Crippen molar-refractivity contribution >= 4 is 10.8 Å². The maximum atomic E-state index is 6.69. The summed E-state index contributed by atoms with van der Waals surface area (Å²) in [7, 11) is 0. The van der Waals surface area contributed by atoms with Crippen molar-refractivity contribution < 1.29 is 4.74 Å². The molecule has 0 fully saturated rings. The molecule has 2 unspecified atom stereocenters. The van der Waals surface area contributed by atoms with Crippen LogP contribution in [0.2, 0.25) is 0 Å². The van der Waals surface area contributed by atoms with Gasteiger partial charge >= 0.3 is 0 Å². The van der Waals surface area contributed by atoms with Crippen LogP contribution in [0.3, 0.4) is 0 Å². The standard InChI is InChI=1S/C49H32O/c1-48(35-15-3-2-4-16-35)43-21-11-12-22-46(43)50-47-30-34(24-26-44(47)48)33-23-25-42-38(28-33)36-17-7-9-19-40(36)49(42)41-20-10-8-18-37(41)39-27-31-13-5-6-14-32(31)29-45(39)49/h2-30H,1H3. The van der Waals surface area contributed by atoms with E-state index in [1.165, 1.54) is 77.5 Å². The molecule has 1 spiro atoms. The van der Waals surface area contributed by atoms with Gasteiger partial charge < -0.3 is 4.74 Å². The van der Waals surface area contributed by atoms with Gasteiger partial charge in [-0.2, -0.15) is 0 Å². The molecule has 1 heterocycles. The highest BCUT2D eigenvalue weighted by atomic mass is 16.5. The normalized spacial score (nSPS) is 18.8. The number of fused-ring (bicyclic) bond motifs is 13. The zero-order valence-electron chi connectivity index (χ0n) is 27.7. The highest BCUT2D eigenvalue weighted by molar-refractivity contribution is 6.00. The van der Waals surface area contributed by atoms with Crippen LogP contribution in [0, 0.1) is 0 Å². The van der Waals surface area contributed by atoms with Gasteiger partial charge in [-0.05, 0) is 109 Å². The van der Waals surface area contributed by atoms with Crippen molar-refractivity contribution in [1.29, 1.82) is 0 Å². The van der Waals surface area contributed by atoms with E-state index in [0.717, 1.165) is 17.1 Å². The lowest BCUT2D eigenvalue weighted by Crippen LogP contribution is -2.29. The smallest absolute Gasteiger partial charge is 0.132 e. The minimum absolute atomic E-state index is 0.333. The van der Waals surface area contributed by atoms with Gasteiger partial charge in [0.15, 0.2) is 0 Å². The van der Waals surface area contributed by atoms with E-state index in [4.69, 9.17) is 4.74 Å². The van der Waals surface area contributed by atoms with Crippen molar-refractivity contribution in [3.63, 3.8) is 0 Å². The Kier molecular flexibility index (Phi) is 5.51. The van der Waals surface area contributed by atoms with Crippen molar-refractivity contribution in [2.45, 2.75) is 17.8 Å². The Hall–Kier alpha value is -6.18. The summed E-state index contributed by atoms with van der Waals surface area (Å²) in [6.45, 7) is 2.33. The fourth-order valence-corrected chi connectivity index (χ4v) is 9.52. The molecule has 0 bridgehead atoms. The van der Waals surface area contributed by atoms with Crippen molar-refractivity contribution in [1.82, 2.24) is 0 Å². The van der Waals surface area contributed by atoms with Gasteiger partial charge in [0.05, 0.1) is 5.41 Å². The summed E-state index contributed by atoms with van der Waals surface area (Å²) in [6, 6.07) is 65.0. The van der Waals surface area contributed by atoms with Crippen LogP contribution in [-0.4, -0.2) is 0 Å². The van der Waals surface area contributed by atoms with Crippen molar-refractivity contribution in [3.8, 4) is 44.9 Å². The van der Waals surface area contributed by atoms with Gasteiger partial charge in [-0.25, -0.2) is 0 Å². The summed E-state index contributed by atoms with van der Waals surface area (Å²) in [5.41, 5.74) is 16.0. The summed E-state index contributed by atoms with van der Waals surface area (Å²) in [5, 5.41) is 2.56.